The topological polar surface area (TPSA) is 83.0 Å². The van der Waals surface area contributed by atoms with Crippen LogP contribution in [0.5, 0.6) is 0 Å². The van der Waals surface area contributed by atoms with Gasteiger partial charge in [0.2, 0.25) is 0 Å². The maximum atomic E-state index is 11.4. The van der Waals surface area contributed by atoms with Gasteiger partial charge in [-0.1, -0.05) is 37.3 Å². The first-order valence-corrected chi connectivity index (χ1v) is 7.78. The second-order valence-corrected chi connectivity index (χ2v) is 5.64. The molecule has 0 heterocycles. The van der Waals surface area contributed by atoms with Crippen LogP contribution in [-0.4, -0.2) is 43.8 Å². The molecule has 0 aliphatic rings. The van der Waals surface area contributed by atoms with Crippen molar-refractivity contribution < 1.29 is 14.6 Å². The van der Waals surface area contributed by atoms with E-state index in [0.717, 1.165) is 5.56 Å². The van der Waals surface area contributed by atoms with Crippen molar-refractivity contribution in [2.75, 3.05) is 26.7 Å². The summed E-state index contributed by atoms with van der Waals surface area (Å²) in [5.74, 6) is 0.00239. The minimum absolute atomic E-state index is 0. The number of rotatable bonds is 7. The first-order chi connectivity index (χ1) is 10.9. The predicted molar refractivity (Wildman–Crippen MR) is 107 cm³/mol. The summed E-state index contributed by atoms with van der Waals surface area (Å²) in [5.41, 5.74) is -0.250. The molecule has 0 aromatic heterocycles. The summed E-state index contributed by atoms with van der Waals surface area (Å²) in [6.07, 6.45) is 0. The van der Waals surface area contributed by atoms with Gasteiger partial charge in [-0.2, -0.15) is 0 Å². The molecule has 0 aliphatic heterocycles. The Bertz CT molecular complexity index is 521. The average Bonchev–Trinajstić information content (AvgIpc) is 2.57. The van der Waals surface area contributed by atoms with Gasteiger partial charge in [0.25, 0.3) is 0 Å². The number of carbonyl (C=O) groups is 1. The van der Waals surface area contributed by atoms with Crippen molar-refractivity contribution in [1.82, 2.24) is 10.6 Å². The summed E-state index contributed by atoms with van der Waals surface area (Å²) in [6, 6.07) is 9.41. The van der Waals surface area contributed by atoms with E-state index in [2.05, 4.69) is 15.6 Å². The molecule has 0 spiro atoms. The molecule has 7 heteroatoms. The van der Waals surface area contributed by atoms with Crippen molar-refractivity contribution >= 4 is 35.9 Å². The average molecular weight is 449 g/mol. The quantitative estimate of drug-likeness (QED) is 0.256. The Hall–Kier alpha value is -1.35. The van der Waals surface area contributed by atoms with E-state index >= 15 is 0 Å². The Labute approximate surface area is 161 Å². The number of guanidine groups is 1. The molecule has 2 atom stereocenters. The maximum absolute atomic E-state index is 11.4. The molecule has 6 nitrogen and oxygen atoms in total. The Morgan fingerprint density at radius 3 is 2.50 bits per heavy atom. The van der Waals surface area contributed by atoms with Gasteiger partial charge >= 0.3 is 5.97 Å². The van der Waals surface area contributed by atoms with E-state index in [-0.39, 0.29) is 42.4 Å². The van der Waals surface area contributed by atoms with Crippen LogP contribution in [0.1, 0.15) is 26.3 Å². The van der Waals surface area contributed by atoms with E-state index in [1.54, 1.807) is 13.8 Å². The summed E-state index contributed by atoms with van der Waals surface area (Å²) < 4.78 is 4.70. The Morgan fingerprint density at radius 2 is 1.96 bits per heavy atom. The summed E-state index contributed by atoms with van der Waals surface area (Å²) in [6.45, 7) is 6.77. The number of hydrogen-bond acceptors (Lipinski definition) is 4. The predicted octanol–water partition coefficient (Wildman–Crippen LogP) is 1.88. The summed E-state index contributed by atoms with van der Waals surface area (Å²) in [5, 5.41) is 16.8. The number of esters is 1. The number of nitrogens with zero attached hydrogens (tertiary/aromatic N) is 1. The van der Waals surface area contributed by atoms with E-state index in [1.165, 1.54) is 7.11 Å². The largest absolute Gasteiger partial charge is 0.469 e. The van der Waals surface area contributed by atoms with E-state index in [1.807, 2.05) is 37.3 Å². The molecule has 24 heavy (non-hydrogen) atoms. The van der Waals surface area contributed by atoms with Crippen molar-refractivity contribution in [2.24, 2.45) is 10.9 Å². The van der Waals surface area contributed by atoms with Crippen LogP contribution in [0.2, 0.25) is 0 Å². The second-order valence-electron chi connectivity index (χ2n) is 5.64. The standard InChI is InChI=1S/C17H27N3O3.HI/c1-5-18-16(19-11-13(2)15(21)23-4)20-12-17(3,22)14-9-7-6-8-10-14;/h6-10,13,22H,5,11-12H2,1-4H3,(H2,18,19,20);1H. The van der Waals surface area contributed by atoms with Gasteiger partial charge in [-0.25, -0.2) is 4.99 Å². The number of ether oxygens (including phenoxy) is 1. The fourth-order valence-electron chi connectivity index (χ4n) is 2.00. The zero-order chi connectivity index (χ0) is 17.3. The molecule has 136 valence electrons. The third-order valence-corrected chi connectivity index (χ3v) is 3.46. The lowest BCUT2D eigenvalue weighted by Crippen LogP contribution is -2.41. The van der Waals surface area contributed by atoms with E-state index in [4.69, 9.17) is 4.74 Å². The van der Waals surface area contributed by atoms with Gasteiger partial charge in [0, 0.05) is 13.1 Å². The molecule has 0 saturated carbocycles. The zero-order valence-corrected chi connectivity index (χ0v) is 17.0. The van der Waals surface area contributed by atoms with E-state index < -0.39 is 5.60 Å². The lowest BCUT2D eigenvalue weighted by Gasteiger charge is -2.22. The summed E-state index contributed by atoms with van der Waals surface area (Å²) in [4.78, 5) is 15.8. The molecule has 1 rings (SSSR count). The molecular formula is C17H28IN3O3. The lowest BCUT2D eigenvalue weighted by atomic mass is 9.96. The van der Waals surface area contributed by atoms with Crippen molar-refractivity contribution in [2.45, 2.75) is 26.4 Å². The molecular weight excluding hydrogens is 421 g/mol. The Morgan fingerprint density at radius 1 is 1.33 bits per heavy atom. The fourth-order valence-corrected chi connectivity index (χ4v) is 2.00. The molecule has 0 radical (unpaired) electrons. The van der Waals surface area contributed by atoms with E-state index in [0.29, 0.717) is 19.0 Å². The van der Waals surface area contributed by atoms with Crippen molar-refractivity contribution in [3.8, 4) is 0 Å². The van der Waals surface area contributed by atoms with Crippen molar-refractivity contribution in [3.05, 3.63) is 35.9 Å². The lowest BCUT2D eigenvalue weighted by molar-refractivity contribution is -0.144. The van der Waals surface area contributed by atoms with Crippen LogP contribution in [0.4, 0.5) is 0 Å². The van der Waals surface area contributed by atoms with Crippen LogP contribution < -0.4 is 10.6 Å². The first-order valence-electron chi connectivity index (χ1n) is 7.78. The third-order valence-electron chi connectivity index (χ3n) is 3.46. The number of halogens is 1. The van der Waals surface area contributed by atoms with Crippen LogP contribution >= 0.6 is 24.0 Å². The highest BCUT2D eigenvalue weighted by molar-refractivity contribution is 14.0. The number of aliphatic imine (C=N–C) groups is 1. The van der Waals surface area contributed by atoms with Crippen LogP contribution in [-0.2, 0) is 15.1 Å². The highest BCUT2D eigenvalue weighted by Gasteiger charge is 2.22. The SMILES string of the molecule is CCNC(=NCC(C)(O)c1ccccc1)NCC(C)C(=O)OC.I. The number of methoxy groups -OCH3 is 1. The maximum Gasteiger partial charge on any atom is 0.310 e. The first kappa shape index (κ1) is 22.6. The number of nitrogens with one attached hydrogen (secondary N) is 2. The smallest absolute Gasteiger partial charge is 0.310 e. The molecule has 1 aromatic carbocycles. The fraction of sp³-hybridized carbons (Fsp3) is 0.529. The molecule has 3 N–H and O–H groups in total. The molecule has 0 saturated heterocycles. The van der Waals surface area contributed by atoms with Crippen molar-refractivity contribution in [1.29, 1.82) is 0 Å². The van der Waals surface area contributed by atoms with Gasteiger partial charge in [0.05, 0.1) is 19.6 Å². The van der Waals surface area contributed by atoms with Gasteiger partial charge in [-0.3, -0.25) is 4.79 Å². The zero-order valence-electron chi connectivity index (χ0n) is 14.7. The van der Waals surface area contributed by atoms with Crippen LogP contribution in [0.15, 0.2) is 35.3 Å². The number of aliphatic hydroxyl groups is 1. The number of hydrogen-bond donors (Lipinski definition) is 3. The molecule has 2 unspecified atom stereocenters. The molecule has 1 aromatic rings. The number of carbonyl (C=O) groups excluding carboxylic acids is 1. The van der Waals surface area contributed by atoms with E-state index in [9.17, 15) is 9.90 Å². The third kappa shape index (κ3) is 7.48. The highest BCUT2D eigenvalue weighted by atomic mass is 127. The summed E-state index contributed by atoms with van der Waals surface area (Å²) >= 11 is 0. The normalized spacial score (nSPS) is 14.8. The highest BCUT2D eigenvalue weighted by Crippen LogP contribution is 2.20. The van der Waals surface area contributed by atoms with Gasteiger partial charge < -0.3 is 20.5 Å². The molecule has 0 aliphatic carbocycles. The number of benzene rings is 1. The van der Waals surface area contributed by atoms with Gasteiger partial charge in [-0.05, 0) is 19.4 Å². The second kappa shape index (κ2) is 11.2. The van der Waals surface area contributed by atoms with Gasteiger partial charge in [0.15, 0.2) is 5.96 Å². The molecule has 0 amide bonds. The van der Waals surface area contributed by atoms with Crippen LogP contribution in [0.3, 0.4) is 0 Å². The van der Waals surface area contributed by atoms with Gasteiger partial charge in [0.1, 0.15) is 5.60 Å². The molecule has 0 fully saturated rings. The minimum Gasteiger partial charge on any atom is -0.469 e. The van der Waals surface area contributed by atoms with Crippen LogP contribution in [0.25, 0.3) is 0 Å². The molecule has 0 bridgehead atoms. The summed E-state index contributed by atoms with van der Waals surface area (Å²) in [7, 11) is 1.37. The minimum atomic E-state index is -1.06. The Balaban J connectivity index is 0.00000529. The van der Waals surface area contributed by atoms with Gasteiger partial charge in [-0.15, -0.1) is 24.0 Å². The Kier molecular flexibility index (Phi) is 10.6. The monoisotopic (exact) mass is 449 g/mol. The van der Waals surface area contributed by atoms with Crippen LogP contribution in [0, 0.1) is 5.92 Å². The van der Waals surface area contributed by atoms with Crippen molar-refractivity contribution in [3.63, 3.8) is 0 Å².